The molecule has 24 heavy (non-hydrogen) atoms. The minimum absolute atomic E-state index is 0.0959. The van der Waals surface area contributed by atoms with Crippen LogP contribution in [0.15, 0.2) is 24.5 Å². The summed E-state index contributed by atoms with van der Waals surface area (Å²) in [6.07, 6.45) is 1.62. The summed E-state index contributed by atoms with van der Waals surface area (Å²) in [5.41, 5.74) is 2.38. The minimum Gasteiger partial charge on any atom is -0.486 e. The van der Waals surface area contributed by atoms with Crippen molar-refractivity contribution in [1.29, 1.82) is 0 Å². The summed E-state index contributed by atoms with van der Waals surface area (Å²) in [5, 5.41) is 4.64. The third-order valence-electron chi connectivity index (χ3n) is 4.38. The summed E-state index contributed by atoms with van der Waals surface area (Å²) in [4.78, 5) is 11.2. The zero-order valence-corrected chi connectivity index (χ0v) is 14.7. The molecule has 3 heterocycles. The maximum atomic E-state index is 5.68. The van der Waals surface area contributed by atoms with Crippen LogP contribution in [0.25, 0.3) is 10.2 Å². The van der Waals surface area contributed by atoms with E-state index in [1.54, 1.807) is 17.7 Å². The lowest BCUT2D eigenvalue weighted by Crippen LogP contribution is -2.16. The second kappa shape index (κ2) is 5.94. The number of fused-ring (bicyclic) bond motifs is 2. The molecule has 6 heteroatoms. The molecule has 0 spiro atoms. The van der Waals surface area contributed by atoms with Gasteiger partial charge in [-0.1, -0.05) is 6.07 Å². The van der Waals surface area contributed by atoms with Gasteiger partial charge in [-0.25, -0.2) is 9.97 Å². The Bertz CT molecular complexity index is 907. The topological polar surface area (TPSA) is 56.3 Å². The average molecular weight is 341 g/mol. The summed E-state index contributed by atoms with van der Waals surface area (Å²) < 4.78 is 11.3. The number of aryl methyl sites for hydroxylation is 2. The van der Waals surface area contributed by atoms with E-state index in [4.69, 9.17) is 9.47 Å². The van der Waals surface area contributed by atoms with Gasteiger partial charge in [0, 0.05) is 4.88 Å². The molecule has 0 fully saturated rings. The van der Waals surface area contributed by atoms with Crippen LogP contribution < -0.4 is 14.8 Å². The van der Waals surface area contributed by atoms with E-state index < -0.39 is 0 Å². The lowest BCUT2D eigenvalue weighted by molar-refractivity contribution is 0.171. The lowest BCUT2D eigenvalue weighted by Gasteiger charge is -2.21. The van der Waals surface area contributed by atoms with E-state index in [9.17, 15) is 0 Å². The highest BCUT2D eigenvalue weighted by Gasteiger charge is 2.17. The monoisotopic (exact) mass is 341 g/mol. The molecule has 3 aromatic rings. The summed E-state index contributed by atoms with van der Waals surface area (Å²) in [6, 6.07) is 6.17. The fourth-order valence-electron chi connectivity index (χ4n) is 2.91. The number of benzene rings is 1. The van der Waals surface area contributed by atoms with Crippen LogP contribution in [0.2, 0.25) is 0 Å². The number of hydrogen-bond acceptors (Lipinski definition) is 6. The second-order valence-electron chi connectivity index (χ2n) is 5.95. The first-order chi connectivity index (χ1) is 11.6. The van der Waals surface area contributed by atoms with Gasteiger partial charge >= 0.3 is 0 Å². The van der Waals surface area contributed by atoms with E-state index in [0.717, 1.165) is 33.1 Å². The second-order valence-corrected chi connectivity index (χ2v) is 7.16. The van der Waals surface area contributed by atoms with Gasteiger partial charge in [0.25, 0.3) is 0 Å². The molecule has 1 aromatic carbocycles. The van der Waals surface area contributed by atoms with Crippen molar-refractivity contribution < 1.29 is 9.47 Å². The third-order valence-corrected chi connectivity index (χ3v) is 5.50. The van der Waals surface area contributed by atoms with Gasteiger partial charge in [0.2, 0.25) is 0 Å². The van der Waals surface area contributed by atoms with Gasteiger partial charge in [-0.3, -0.25) is 0 Å². The minimum atomic E-state index is 0.0959. The number of ether oxygens (including phenoxy) is 2. The zero-order valence-electron chi connectivity index (χ0n) is 13.9. The summed E-state index contributed by atoms with van der Waals surface area (Å²) >= 11 is 1.71. The van der Waals surface area contributed by atoms with Crippen LogP contribution in [-0.2, 0) is 0 Å². The Hall–Kier alpha value is -2.34. The van der Waals surface area contributed by atoms with Crippen molar-refractivity contribution in [3.8, 4) is 11.5 Å². The fourth-order valence-corrected chi connectivity index (χ4v) is 3.91. The largest absolute Gasteiger partial charge is 0.486 e. The average Bonchev–Trinajstić information content (AvgIpc) is 2.90. The smallest absolute Gasteiger partial charge is 0.161 e. The molecule has 0 amide bonds. The fraction of sp³-hybridized carbons (Fsp3) is 0.333. The Balaban J connectivity index is 1.66. The van der Waals surface area contributed by atoms with Gasteiger partial charge in [0.05, 0.1) is 11.4 Å². The molecule has 4 rings (SSSR count). The van der Waals surface area contributed by atoms with Crippen LogP contribution in [0.5, 0.6) is 11.5 Å². The number of rotatable bonds is 3. The van der Waals surface area contributed by atoms with E-state index in [2.05, 4.69) is 42.1 Å². The number of anilines is 1. The molecule has 5 nitrogen and oxygen atoms in total. The Morgan fingerprint density at radius 1 is 1.12 bits per heavy atom. The van der Waals surface area contributed by atoms with Gasteiger partial charge < -0.3 is 14.8 Å². The van der Waals surface area contributed by atoms with E-state index in [1.807, 2.05) is 12.1 Å². The van der Waals surface area contributed by atoms with Crippen LogP contribution in [0.1, 0.15) is 29.0 Å². The van der Waals surface area contributed by atoms with Crippen LogP contribution in [0.4, 0.5) is 5.82 Å². The number of nitrogens with zero attached hydrogens (tertiary/aromatic N) is 2. The number of thiophene rings is 1. The number of hydrogen-bond donors (Lipinski definition) is 1. The molecule has 1 N–H and O–H groups in total. The lowest BCUT2D eigenvalue weighted by atomic mass is 10.1. The molecule has 0 aliphatic carbocycles. The summed E-state index contributed by atoms with van der Waals surface area (Å²) in [7, 11) is 0. The molecular formula is C18H19N3O2S. The molecular weight excluding hydrogens is 322 g/mol. The quantitative estimate of drug-likeness (QED) is 0.772. The van der Waals surface area contributed by atoms with Gasteiger partial charge in [0.1, 0.15) is 30.2 Å². The first kappa shape index (κ1) is 15.2. The summed E-state index contributed by atoms with van der Waals surface area (Å²) in [5.74, 6) is 2.50. The third kappa shape index (κ3) is 2.57. The zero-order chi connectivity index (χ0) is 16.7. The van der Waals surface area contributed by atoms with Gasteiger partial charge in [0.15, 0.2) is 11.5 Å². The van der Waals surface area contributed by atoms with Crippen molar-refractivity contribution in [2.75, 3.05) is 18.5 Å². The van der Waals surface area contributed by atoms with E-state index >= 15 is 0 Å². The van der Waals surface area contributed by atoms with E-state index in [-0.39, 0.29) is 6.04 Å². The van der Waals surface area contributed by atoms with Crippen LogP contribution in [0.3, 0.4) is 0 Å². The highest BCUT2D eigenvalue weighted by Crippen LogP contribution is 2.36. The predicted octanol–water partition coefficient (Wildman–Crippen LogP) is 4.25. The maximum Gasteiger partial charge on any atom is 0.161 e. The highest BCUT2D eigenvalue weighted by molar-refractivity contribution is 7.18. The van der Waals surface area contributed by atoms with Crippen molar-refractivity contribution in [3.63, 3.8) is 0 Å². The molecule has 2 aromatic heterocycles. The van der Waals surface area contributed by atoms with Crippen LogP contribution in [0, 0.1) is 13.8 Å². The number of aromatic nitrogens is 2. The predicted molar refractivity (Wildman–Crippen MR) is 96.4 cm³/mol. The Morgan fingerprint density at radius 2 is 1.92 bits per heavy atom. The van der Waals surface area contributed by atoms with Crippen LogP contribution >= 0.6 is 11.3 Å². The standard InChI is InChI=1S/C18H19N3O2S/c1-10-12(3)24-18-16(10)17(19-9-20-18)21-11(2)13-4-5-14-15(8-13)23-7-6-22-14/h4-5,8-9,11H,6-7H2,1-3H3,(H,19,20,21)/t11-/m0/s1. The molecule has 1 atom stereocenters. The molecule has 0 saturated carbocycles. The van der Waals surface area contributed by atoms with E-state index in [0.29, 0.717) is 13.2 Å². The molecule has 0 bridgehead atoms. The Morgan fingerprint density at radius 3 is 2.75 bits per heavy atom. The first-order valence-electron chi connectivity index (χ1n) is 8.00. The Kier molecular flexibility index (Phi) is 3.76. The SMILES string of the molecule is Cc1sc2ncnc(N[C@@H](C)c3ccc4c(c3)OCCO4)c2c1C. The molecule has 0 saturated heterocycles. The van der Waals surface area contributed by atoms with Crippen molar-refractivity contribution >= 4 is 27.4 Å². The molecule has 0 radical (unpaired) electrons. The highest BCUT2D eigenvalue weighted by atomic mass is 32.1. The molecule has 0 unspecified atom stereocenters. The number of nitrogens with one attached hydrogen (secondary N) is 1. The molecule has 124 valence electrons. The van der Waals surface area contributed by atoms with Crippen molar-refractivity contribution in [3.05, 3.63) is 40.5 Å². The normalized spacial score (nSPS) is 14.6. The van der Waals surface area contributed by atoms with E-state index in [1.165, 1.54) is 10.4 Å². The van der Waals surface area contributed by atoms with Crippen LogP contribution in [-0.4, -0.2) is 23.2 Å². The van der Waals surface area contributed by atoms with Crippen molar-refractivity contribution in [2.45, 2.75) is 26.8 Å². The van der Waals surface area contributed by atoms with Gasteiger partial charge in [-0.15, -0.1) is 11.3 Å². The first-order valence-corrected chi connectivity index (χ1v) is 8.82. The summed E-state index contributed by atoms with van der Waals surface area (Å²) in [6.45, 7) is 7.56. The van der Waals surface area contributed by atoms with Crippen molar-refractivity contribution in [1.82, 2.24) is 9.97 Å². The maximum absolute atomic E-state index is 5.68. The van der Waals surface area contributed by atoms with Crippen molar-refractivity contribution in [2.24, 2.45) is 0 Å². The molecule has 1 aliphatic rings. The Labute approximate surface area is 144 Å². The van der Waals surface area contributed by atoms with Gasteiger partial charge in [-0.2, -0.15) is 0 Å². The molecule has 1 aliphatic heterocycles. The van der Waals surface area contributed by atoms with Gasteiger partial charge in [-0.05, 0) is 44.0 Å².